The molecule has 13 heavy (non-hydrogen) atoms. The first-order valence-corrected chi connectivity index (χ1v) is 4.48. The van der Waals surface area contributed by atoms with Crippen molar-refractivity contribution in [3.8, 4) is 0 Å². The summed E-state index contributed by atoms with van der Waals surface area (Å²) < 4.78 is 10.5. The summed E-state index contributed by atoms with van der Waals surface area (Å²) in [6.07, 6.45) is 1.63. The molecule has 1 saturated heterocycles. The maximum Gasteiger partial charge on any atom is 0.118 e. The first-order valence-electron chi connectivity index (χ1n) is 4.48. The molecule has 1 aromatic heterocycles. The molecule has 0 saturated carbocycles. The summed E-state index contributed by atoms with van der Waals surface area (Å²) in [7, 11) is 5.71. The van der Waals surface area contributed by atoms with Gasteiger partial charge in [0.05, 0.1) is 26.0 Å². The predicted octanol–water partition coefficient (Wildman–Crippen LogP) is -0.0944. The van der Waals surface area contributed by atoms with Gasteiger partial charge >= 0.3 is 0 Å². The van der Waals surface area contributed by atoms with Crippen LogP contribution in [0.25, 0.3) is 0 Å². The van der Waals surface area contributed by atoms with Gasteiger partial charge in [-0.25, -0.2) is 0 Å². The Labute approximate surface area is 79.1 Å². The fraction of sp³-hybridized carbons (Fsp3) is 0.556. The average molecular weight is 177 g/mol. The van der Waals surface area contributed by atoms with Gasteiger partial charge in [0, 0.05) is 13.1 Å². The molecule has 0 spiro atoms. The van der Waals surface area contributed by atoms with Gasteiger partial charge in [0.25, 0.3) is 0 Å². The number of ether oxygens (including phenoxy) is 1. The van der Waals surface area contributed by atoms with E-state index in [0.29, 0.717) is 0 Å². The van der Waals surface area contributed by atoms with Crippen molar-refractivity contribution in [2.24, 2.45) is 0 Å². The number of hydrogen-bond donors (Lipinski definition) is 0. The van der Waals surface area contributed by atoms with Crippen molar-refractivity contribution in [1.29, 1.82) is 0 Å². The van der Waals surface area contributed by atoms with Gasteiger partial charge in [-0.3, -0.25) is 4.90 Å². The molecule has 1 aromatic rings. The van der Waals surface area contributed by atoms with E-state index in [4.69, 9.17) is 17.0 Å². The minimum absolute atomic E-state index is 0.742. The van der Waals surface area contributed by atoms with Gasteiger partial charge in [-0.05, 0) is 6.07 Å². The molecule has 0 aliphatic carbocycles. The monoisotopic (exact) mass is 177 g/mol. The Kier molecular flexibility index (Phi) is 2.71. The molecule has 3 nitrogen and oxygen atoms in total. The van der Waals surface area contributed by atoms with Crippen molar-refractivity contribution in [3.63, 3.8) is 0 Å². The van der Waals surface area contributed by atoms with Gasteiger partial charge in [-0.15, -0.1) is 0 Å². The minimum Gasteiger partial charge on any atom is -0.469 e. The second-order valence-corrected chi connectivity index (χ2v) is 3.19. The van der Waals surface area contributed by atoms with E-state index in [1.807, 2.05) is 0 Å². The number of rotatable bonds is 2. The molecule has 4 heteroatoms. The van der Waals surface area contributed by atoms with Gasteiger partial charge in [0.15, 0.2) is 0 Å². The lowest BCUT2D eigenvalue weighted by Crippen LogP contribution is -2.36. The molecule has 1 fully saturated rings. The van der Waals surface area contributed by atoms with Crippen LogP contribution in [-0.4, -0.2) is 39.0 Å². The van der Waals surface area contributed by atoms with Crippen LogP contribution >= 0.6 is 0 Å². The third-order valence-electron chi connectivity index (χ3n) is 2.25. The van der Waals surface area contributed by atoms with Crippen molar-refractivity contribution >= 4 is 13.3 Å². The zero-order valence-electron chi connectivity index (χ0n) is 7.53. The lowest BCUT2D eigenvalue weighted by atomic mass is 9.97. The zero-order valence-corrected chi connectivity index (χ0v) is 7.53. The van der Waals surface area contributed by atoms with Crippen LogP contribution in [-0.2, 0) is 11.3 Å². The lowest BCUT2D eigenvalue weighted by Gasteiger charge is -2.25. The fourth-order valence-electron chi connectivity index (χ4n) is 1.44. The van der Waals surface area contributed by atoms with Gasteiger partial charge < -0.3 is 9.15 Å². The molecule has 0 bridgehead atoms. The summed E-state index contributed by atoms with van der Waals surface area (Å²) in [5.41, 5.74) is 0.742. The van der Waals surface area contributed by atoms with Crippen LogP contribution in [0.4, 0.5) is 0 Å². The summed E-state index contributed by atoms with van der Waals surface area (Å²) in [6.45, 7) is 4.32. The molecule has 0 unspecified atom stereocenters. The highest BCUT2D eigenvalue weighted by atomic mass is 16.5. The molecule has 2 radical (unpaired) electrons. The summed E-state index contributed by atoms with van der Waals surface area (Å²) >= 11 is 0. The molecule has 1 aliphatic rings. The average Bonchev–Trinajstić information content (AvgIpc) is 2.54. The Morgan fingerprint density at radius 1 is 1.38 bits per heavy atom. The largest absolute Gasteiger partial charge is 0.469 e. The standard InChI is InChI=1S/C9H12BNO2/c10-8-1-4-13-9(8)7-11-2-5-12-6-3-11/h1,4H,2-3,5-7H2. The van der Waals surface area contributed by atoms with Crippen molar-refractivity contribution in [3.05, 3.63) is 18.1 Å². The van der Waals surface area contributed by atoms with E-state index < -0.39 is 0 Å². The quantitative estimate of drug-likeness (QED) is 0.590. The Bertz CT molecular complexity index is 268. The van der Waals surface area contributed by atoms with E-state index >= 15 is 0 Å². The summed E-state index contributed by atoms with van der Waals surface area (Å²) in [5.74, 6) is 0.863. The SMILES string of the molecule is [B]c1ccoc1CN1CCOCC1. The van der Waals surface area contributed by atoms with E-state index in [0.717, 1.165) is 44.1 Å². The van der Waals surface area contributed by atoms with E-state index in [2.05, 4.69) is 4.90 Å². The number of nitrogens with zero attached hydrogens (tertiary/aromatic N) is 1. The molecule has 2 rings (SSSR count). The van der Waals surface area contributed by atoms with E-state index in [-0.39, 0.29) is 0 Å². The van der Waals surface area contributed by atoms with Gasteiger partial charge in [-0.2, -0.15) is 0 Å². The van der Waals surface area contributed by atoms with Crippen LogP contribution in [0.2, 0.25) is 0 Å². The molecular formula is C9H12BNO2. The van der Waals surface area contributed by atoms with Gasteiger partial charge in [-0.1, -0.05) is 5.46 Å². The molecule has 68 valence electrons. The topological polar surface area (TPSA) is 25.6 Å². The minimum atomic E-state index is 0.742. The van der Waals surface area contributed by atoms with Gasteiger partial charge in [0.1, 0.15) is 13.6 Å². The van der Waals surface area contributed by atoms with Crippen molar-refractivity contribution in [1.82, 2.24) is 4.90 Å². The fourth-order valence-corrected chi connectivity index (χ4v) is 1.44. The third kappa shape index (κ3) is 2.14. The molecule has 0 N–H and O–H groups in total. The Morgan fingerprint density at radius 3 is 2.77 bits per heavy atom. The highest BCUT2D eigenvalue weighted by molar-refractivity contribution is 6.32. The molecule has 2 heterocycles. The number of furan rings is 1. The smallest absolute Gasteiger partial charge is 0.118 e. The second kappa shape index (κ2) is 3.98. The molecule has 1 aliphatic heterocycles. The van der Waals surface area contributed by atoms with Crippen LogP contribution in [0.3, 0.4) is 0 Å². The van der Waals surface area contributed by atoms with Crippen LogP contribution in [0, 0.1) is 0 Å². The van der Waals surface area contributed by atoms with Crippen molar-refractivity contribution < 1.29 is 9.15 Å². The highest BCUT2D eigenvalue weighted by Gasteiger charge is 2.12. The summed E-state index contributed by atoms with van der Waals surface area (Å²) in [4.78, 5) is 2.28. The van der Waals surface area contributed by atoms with Crippen LogP contribution in [0.1, 0.15) is 5.76 Å². The Hall–Kier alpha value is -0.735. The number of hydrogen-bond acceptors (Lipinski definition) is 3. The summed E-state index contributed by atoms with van der Waals surface area (Å²) in [6, 6.07) is 1.79. The summed E-state index contributed by atoms with van der Waals surface area (Å²) in [5, 5.41) is 0. The van der Waals surface area contributed by atoms with Crippen LogP contribution in [0.15, 0.2) is 16.7 Å². The predicted molar refractivity (Wildman–Crippen MR) is 50.2 cm³/mol. The van der Waals surface area contributed by atoms with E-state index in [1.165, 1.54) is 0 Å². The first kappa shape index (κ1) is 8.85. The van der Waals surface area contributed by atoms with Crippen molar-refractivity contribution in [2.75, 3.05) is 26.3 Å². The van der Waals surface area contributed by atoms with Gasteiger partial charge in [0.2, 0.25) is 0 Å². The number of morpholine rings is 1. The Balaban J connectivity index is 1.93. The lowest BCUT2D eigenvalue weighted by molar-refractivity contribution is 0.0315. The first-order chi connectivity index (χ1) is 6.36. The van der Waals surface area contributed by atoms with Crippen molar-refractivity contribution in [2.45, 2.75) is 6.54 Å². The zero-order chi connectivity index (χ0) is 9.10. The maximum absolute atomic E-state index is 5.71. The highest BCUT2D eigenvalue weighted by Crippen LogP contribution is 2.04. The molecule has 0 amide bonds. The Morgan fingerprint density at radius 2 is 2.15 bits per heavy atom. The molecule has 0 aromatic carbocycles. The molecular weight excluding hydrogens is 165 g/mol. The normalized spacial score (nSPS) is 19.1. The third-order valence-corrected chi connectivity index (χ3v) is 2.25. The van der Waals surface area contributed by atoms with Crippen LogP contribution < -0.4 is 5.46 Å². The molecule has 0 atom stereocenters. The van der Waals surface area contributed by atoms with E-state index in [9.17, 15) is 0 Å². The van der Waals surface area contributed by atoms with E-state index in [1.54, 1.807) is 12.3 Å². The van der Waals surface area contributed by atoms with Crippen LogP contribution in [0.5, 0.6) is 0 Å². The maximum atomic E-state index is 5.71. The second-order valence-electron chi connectivity index (χ2n) is 3.19.